The van der Waals surface area contributed by atoms with Gasteiger partial charge >= 0.3 is 0 Å². The Hall–Kier alpha value is -0.170. The van der Waals surface area contributed by atoms with Crippen molar-refractivity contribution in [3.8, 4) is 0 Å². The molecule has 0 radical (unpaired) electrons. The monoisotopic (exact) mass is 317 g/mol. The summed E-state index contributed by atoms with van der Waals surface area (Å²) >= 11 is 0. The van der Waals surface area contributed by atoms with Gasteiger partial charge < -0.3 is 5.32 Å². The number of nitrogens with zero attached hydrogens (tertiary/aromatic N) is 2. The summed E-state index contributed by atoms with van der Waals surface area (Å²) in [6.45, 7) is 5.59. The molecular formula is C15H31N3O2S. The van der Waals surface area contributed by atoms with Crippen molar-refractivity contribution in [3.63, 3.8) is 0 Å². The van der Waals surface area contributed by atoms with E-state index in [4.69, 9.17) is 0 Å². The smallest absolute Gasteiger partial charge is 0.282 e. The van der Waals surface area contributed by atoms with Crippen LogP contribution in [0.4, 0.5) is 0 Å². The van der Waals surface area contributed by atoms with E-state index in [-0.39, 0.29) is 12.1 Å². The maximum absolute atomic E-state index is 12.9. The van der Waals surface area contributed by atoms with Gasteiger partial charge in [0.15, 0.2) is 0 Å². The first-order valence-electron chi connectivity index (χ1n) is 8.48. The molecule has 2 rings (SSSR count). The zero-order valence-electron chi connectivity index (χ0n) is 13.7. The van der Waals surface area contributed by atoms with Crippen molar-refractivity contribution in [2.24, 2.45) is 0 Å². The van der Waals surface area contributed by atoms with Gasteiger partial charge in [-0.05, 0) is 38.5 Å². The van der Waals surface area contributed by atoms with E-state index in [1.165, 1.54) is 12.8 Å². The van der Waals surface area contributed by atoms with E-state index in [1.54, 1.807) is 15.7 Å². The second-order valence-electron chi connectivity index (χ2n) is 6.44. The lowest BCUT2D eigenvalue weighted by Crippen LogP contribution is -2.54. The summed E-state index contributed by atoms with van der Waals surface area (Å²) in [6, 6.07) is 0.864. The highest BCUT2D eigenvalue weighted by Gasteiger charge is 2.37. The average molecular weight is 317 g/mol. The molecule has 1 atom stereocenters. The van der Waals surface area contributed by atoms with Crippen molar-refractivity contribution in [1.29, 1.82) is 0 Å². The Kier molecular flexibility index (Phi) is 6.05. The van der Waals surface area contributed by atoms with E-state index < -0.39 is 10.2 Å². The lowest BCUT2D eigenvalue weighted by atomic mass is 10.1. The topological polar surface area (TPSA) is 52.7 Å². The Morgan fingerprint density at radius 1 is 1.19 bits per heavy atom. The Morgan fingerprint density at radius 3 is 2.43 bits per heavy atom. The zero-order chi connectivity index (χ0) is 15.5. The van der Waals surface area contributed by atoms with E-state index in [0.29, 0.717) is 12.6 Å². The molecule has 0 amide bonds. The van der Waals surface area contributed by atoms with E-state index in [1.807, 2.05) is 0 Å². The lowest BCUT2D eigenvalue weighted by Gasteiger charge is -2.39. The number of nitrogens with one attached hydrogen (secondary N) is 1. The molecule has 0 aromatic rings. The SMILES string of the molecule is CCC(CC)N(C)S(=O)(=O)N1CCCCC1CNC1CC1. The molecule has 6 heteroatoms. The Bertz CT molecular complexity index is 419. The van der Waals surface area contributed by atoms with Gasteiger partial charge in [0.05, 0.1) is 0 Å². The van der Waals surface area contributed by atoms with Crippen LogP contribution in [-0.4, -0.2) is 55.3 Å². The van der Waals surface area contributed by atoms with Crippen molar-refractivity contribution in [2.75, 3.05) is 20.1 Å². The number of hydrogen-bond acceptors (Lipinski definition) is 3. The normalized spacial score (nSPS) is 24.9. The molecule has 0 bridgehead atoms. The number of rotatable bonds is 8. The van der Waals surface area contributed by atoms with Crippen molar-refractivity contribution >= 4 is 10.2 Å². The first-order chi connectivity index (χ1) is 10.0. The molecule has 5 nitrogen and oxygen atoms in total. The van der Waals surface area contributed by atoms with E-state index in [0.717, 1.165) is 38.6 Å². The van der Waals surface area contributed by atoms with Crippen LogP contribution in [0.1, 0.15) is 58.8 Å². The van der Waals surface area contributed by atoms with Crippen LogP contribution in [0.15, 0.2) is 0 Å². The molecule has 2 fully saturated rings. The van der Waals surface area contributed by atoms with E-state index in [2.05, 4.69) is 19.2 Å². The van der Waals surface area contributed by atoms with Crippen LogP contribution in [0.5, 0.6) is 0 Å². The molecule has 0 aromatic carbocycles. The zero-order valence-corrected chi connectivity index (χ0v) is 14.5. The van der Waals surface area contributed by atoms with Gasteiger partial charge in [0.25, 0.3) is 10.2 Å². The van der Waals surface area contributed by atoms with Crippen LogP contribution in [0.2, 0.25) is 0 Å². The fourth-order valence-corrected chi connectivity index (χ4v) is 5.15. The lowest BCUT2D eigenvalue weighted by molar-refractivity contribution is 0.219. The molecule has 21 heavy (non-hydrogen) atoms. The quantitative estimate of drug-likeness (QED) is 0.744. The molecule has 1 heterocycles. The second kappa shape index (κ2) is 7.40. The van der Waals surface area contributed by atoms with Gasteiger partial charge in [-0.25, -0.2) is 0 Å². The third-order valence-corrected chi connectivity index (χ3v) is 7.01. The molecular weight excluding hydrogens is 286 g/mol. The maximum atomic E-state index is 12.9. The summed E-state index contributed by atoms with van der Waals surface area (Å²) < 4.78 is 29.2. The first-order valence-corrected chi connectivity index (χ1v) is 9.88. The molecule has 124 valence electrons. The maximum Gasteiger partial charge on any atom is 0.282 e. The summed E-state index contributed by atoms with van der Waals surface area (Å²) in [6.07, 6.45) is 7.32. The van der Waals surface area contributed by atoms with Gasteiger partial charge in [0.2, 0.25) is 0 Å². The third kappa shape index (κ3) is 4.18. The van der Waals surface area contributed by atoms with Crippen molar-refractivity contribution in [3.05, 3.63) is 0 Å². The molecule has 0 aromatic heterocycles. The van der Waals surface area contributed by atoms with Gasteiger partial charge in [-0.2, -0.15) is 17.0 Å². The van der Waals surface area contributed by atoms with Crippen LogP contribution in [0, 0.1) is 0 Å². The van der Waals surface area contributed by atoms with Crippen molar-refractivity contribution in [2.45, 2.75) is 76.9 Å². The van der Waals surface area contributed by atoms with E-state index in [9.17, 15) is 8.42 Å². The molecule has 1 aliphatic heterocycles. The predicted octanol–water partition coefficient (Wildman–Crippen LogP) is 1.96. The summed E-state index contributed by atoms with van der Waals surface area (Å²) in [7, 11) is -1.59. The van der Waals surface area contributed by atoms with Crippen LogP contribution in [-0.2, 0) is 10.2 Å². The third-order valence-electron chi connectivity index (χ3n) is 4.91. The minimum atomic E-state index is -3.34. The largest absolute Gasteiger partial charge is 0.312 e. The fraction of sp³-hybridized carbons (Fsp3) is 1.00. The highest BCUT2D eigenvalue weighted by Crippen LogP contribution is 2.25. The fourth-order valence-electron chi connectivity index (χ4n) is 3.23. The van der Waals surface area contributed by atoms with Crippen LogP contribution in [0.25, 0.3) is 0 Å². The summed E-state index contributed by atoms with van der Waals surface area (Å²) in [5.74, 6) is 0. The van der Waals surface area contributed by atoms with Crippen molar-refractivity contribution < 1.29 is 8.42 Å². The Labute approximate surface area is 130 Å². The standard InChI is InChI=1S/C15H31N3O2S/c1-4-14(5-2)17(3)21(19,20)18-11-7-6-8-15(18)12-16-13-9-10-13/h13-16H,4-12H2,1-3H3. The predicted molar refractivity (Wildman–Crippen MR) is 86.4 cm³/mol. The van der Waals surface area contributed by atoms with Crippen LogP contribution in [0.3, 0.4) is 0 Å². The summed E-state index contributed by atoms with van der Waals surface area (Å²) in [4.78, 5) is 0. The minimum Gasteiger partial charge on any atom is -0.312 e. The number of hydrogen-bond donors (Lipinski definition) is 1. The van der Waals surface area contributed by atoms with E-state index >= 15 is 0 Å². The highest BCUT2D eigenvalue weighted by atomic mass is 32.2. The second-order valence-corrected chi connectivity index (χ2v) is 8.38. The summed E-state index contributed by atoms with van der Waals surface area (Å²) in [5.41, 5.74) is 0. The van der Waals surface area contributed by atoms with Crippen LogP contribution >= 0.6 is 0 Å². The van der Waals surface area contributed by atoms with Gasteiger partial charge in [0.1, 0.15) is 0 Å². The first kappa shape index (κ1) is 17.2. The summed E-state index contributed by atoms with van der Waals surface area (Å²) in [5, 5.41) is 3.50. The molecule has 1 N–H and O–H groups in total. The molecule has 1 saturated carbocycles. The van der Waals surface area contributed by atoms with Gasteiger partial charge in [-0.3, -0.25) is 0 Å². The Balaban J connectivity index is 2.06. The van der Waals surface area contributed by atoms with Gasteiger partial charge in [-0.15, -0.1) is 0 Å². The molecule has 1 saturated heterocycles. The van der Waals surface area contributed by atoms with Gasteiger partial charge in [0, 0.05) is 38.3 Å². The minimum absolute atomic E-state index is 0.106. The highest BCUT2D eigenvalue weighted by molar-refractivity contribution is 7.86. The average Bonchev–Trinajstić information content (AvgIpc) is 3.30. The van der Waals surface area contributed by atoms with Crippen molar-refractivity contribution in [1.82, 2.24) is 13.9 Å². The van der Waals surface area contributed by atoms with Crippen LogP contribution < -0.4 is 5.32 Å². The molecule has 1 aliphatic carbocycles. The molecule has 1 unspecified atom stereocenters. The Morgan fingerprint density at radius 2 is 1.86 bits per heavy atom. The molecule has 0 spiro atoms. The van der Waals surface area contributed by atoms with Gasteiger partial charge in [-0.1, -0.05) is 20.3 Å². The number of piperidine rings is 1. The molecule has 2 aliphatic rings.